The molecule has 6 rings (SSSR count). The van der Waals surface area contributed by atoms with E-state index in [0.717, 1.165) is 33.3 Å². The molecule has 4 nitrogen and oxygen atoms in total. The van der Waals surface area contributed by atoms with Crippen molar-refractivity contribution < 1.29 is 4.79 Å². The Morgan fingerprint density at radius 1 is 0.617 bits per heavy atom. The molecular weight excluding hydrogens is 595 g/mol. The number of ketones is 1. The monoisotopic (exact) mass is 631 g/mol. The van der Waals surface area contributed by atoms with Crippen molar-refractivity contribution >= 4 is 34.6 Å². The number of carbonyl (C=O) groups is 1. The standard InChI is InChI=1S/C42H37N3OS/c1-23-15-24(2)18-33(17-23)38-27(5)39(34-19-25(3)16-26(4)20-34)29(7)40(28(38)6)37-14-13-36(41-42(37)45-47-44-41)32-11-9-31(10-12-32)21-35(22-43)30(8)46/h9-21H,1-8H3/b35-21+. The fourth-order valence-electron chi connectivity index (χ4n) is 7.17. The van der Waals surface area contributed by atoms with Crippen molar-refractivity contribution in [2.45, 2.75) is 55.4 Å². The number of benzene rings is 5. The zero-order valence-electron chi connectivity index (χ0n) is 28.2. The van der Waals surface area contributed by atoms with Crippen LogP contribution in [0.25, 0.3) is 61.6 Å². The number of aryl methyl sites for hydroxylation is 4. The lowest BCUT2D eigenvalue weighted by Crippen LogP contribution is -2.02. The van der Waals surface area contributed by atoms with E-state index in [1.165, 1.54) is 85.4 Å². The maximum atomic E-state index is 11.8. The number of nitriles is 1. The lowest BCUT2D eigenvalue weighted by molar-refractivity contribution is -0.113. The fraction of sp³-hybridized carbons (Fsp3) is 0.190. The maximum absolute atomic E-state index is 11.8. The molecule has 0 atom stereocenters. The molecule has 0 amide bonds. The van der Waals surface area contributed by atoms with Crippen LogP contribution in [0.3, 0.4) is 0 Å². The average Bonchev–Trinajstić information content (AvgIpc) is 3.50. The number of fused-ring (bicyclic) bond motifs is 1. The summed E-state index contributed by atoms with van der Waals surface area (Å²) >= 11 is 1.23. The Balaban J connectivity index is 1.59. The van der Waals surface area contributed by atoms with Gasteiger partial charge >= 0.3 is 0 Å². The van der Waals surface area contributed by atoms with Crippen LogP contribution in [0, 0.1) is 59.8 Å². The Bertz CT molecular complexity index is 2180. The summed E-state index contributed by atoms with van der Waals surface area (Å²) in [6.45, 7) is 16.8. The number of nitrogens with zero attached hydrogens (tertiary/aromatic N) is 3. The van der Waals surface area contributed by atoms with E-state index in [1.54, 1.807) is 6.08 Å². The van der Waals surface area contributed by atoms with Crippen LogP contribution >= 0.6 is 11.7 Å². The van der Waals surface area contributed by atoms with Gasteiger partial charge in [-0.05, 0) is 117 Å². The van der Waals surface area contributed by atoms with Crippen LogP contribution in [0.2, 0.25) is 0 Å². The van der Waals surface area contributed by atoms with Gasteiger partial charge in [-0.2, -0.15) is 14.0 Å². The van der Waals surface area contributed by atoms with Gasteiger partial charge in [0.15, 0.2) is 5.78 Å². The first-order chi connectivity index (χ1) is 22.5. The van der Waals surface area contributed by atoms with E-state index in [1.807, 2.05) is 30.3 Å². The summed E-state index contributed by atoms with van der Waals surface area (Å²) in [7, 11) is 0. The van der Waals surface area contributed by atoms with Crippen LogP contribution < -0.4 is 0 Å². The van der Waals surface area contributed by atoms with Gasteiger partial charge in [0.25, 0.3) is 0 Å². The first kappa shape index (κ1) is 31.8. The Morgan fingerprint density at radius 3 is 1.53 bits per heavy atom. The van der Waals surface area contributed by atoms with Crippen LogP contribution in [0.4, 0.5) is 0 Å². The molecule has 47 heavy (non-hydrogen) atoms. The maximum Gasteiger partial charge on any atom is 0.170 e. The van der Waals surface area contributed by atoms with Gasteiger partial charge in [0.2, 0.25) is 0 Å². The van der Waals surface area contributed by atoms with Crippen molar-refractivity contribution in [3.8, 4) is 50.6 Å². The summed E-state index contributed by atoms with van der Waals surface area (Å²) in [4.78, 5) is 11.8. The highest BCUT2D eigenvalue weighted by atomic mass is 32.1. The smallest absolute Gasteiger partial charge is 0.170 e. The van der Waals surface area contributed by atoms with Gasteiger partial charge < -0.3 is 0 Å². The third-order valence-corrected chi connectivity index (χ3v) is 9.52. The number of hydrogen-bond donors (Lipinski definition) is 0. The lowest BCUT2D eigenvalue weighted by Gasteiger charge is -2.24. The van der Waals surface area contributed by atoms with Crippen LogP contribution in [0.1, 0.15) is 51.4 Å². The van der Waals surface area contributed by atoms with Crippen LogP contribution in [0.15, 0.2) is 78.4 Å². The molecule has 1 aromatic heterocycles. The van der Waals surface area contributed by atoms with Gasteiger partial charge in [0.05, 0.1) is 17.3 Å². The Morgan fingerprint density at radius 2 is 1.06 bits per heavy atom. The first-order valence-corrected chi connectivity index (χ1v) is 16.5. The molecule has 0 aliphatic rings. The number of allylic oxidation sites excluding steroid dienone is 1. The highest BCUT2D eigenvalue weighted by Gasteiger charge is 2.24. The summed E-state index contributed by atoms with van der Waals surface area (Å²) in [6, 6.07) is 27.8. The van der Waals surface area contributed by atoms with Crippen LogP contribution in [0.5, 0.6) is 0 Å². The second kappa shape index (κ2) is 12.5. The second-order valence-electron chi connectivity index (χ2n) is 12.7. The number of aromatic nitrogens is 2. The molecule has 232 valence electrons. The van der Waals surface area contributed by atoms with Gasteiger partial charge in [-0.3, -0.25) is 4.79 Å². The van der Waals surface area contributed by atoms with Gasteiger partial charge in [-0.1, -0.05) is 95.1 Å². The van der Waals surface area contributed by atoms with E-state index >= 15 is 0 Å². The summed E-state index contributed by atoms with van der Waals surface area (Å²) in [5.41, 5.74) is 20.6. The van der Waals surface area contributed by atoms with Crippen molar-refractivity contribution in [3.05, 3.63) is 123 Å². The van der Waals surface area contributed by atoms with Crippen molar-refractivity contribution in [1.29, 1.82) is 5.26 Å². The van der Waals surface area contributed by atoms with E-state index < -0.39 is 0 Å². The molecule has 0 saturated carbocycles. The summed E-state index contributed by atoms with van der Waals surface area (Å²) < 4.78 is 9.69. The molecule has 0 N–H and O–H groups in total. The van der Waals surface area contributed by atoms with Crippen molar-refractivity contribution in [2.24, 2.45) is 0 Å². The zero-order valence-corrected chi connectivity index (χ0v) is 29.0. The van der Waals surface area contributed by atoms with Gasteiger partial charge in [0, 0.05) is 11.1 Å². The zero-order chi connectivity index (χ0) is 33.6. The molecule has 0 aliphatic carbocycles. The molecule has 0 aliphatic heterocycles. The van der Waals surface area contributed by atoms with Crippen LogP contribution in [-0.4, -0.2) is 14.5 Å². The molecule has 0 saturated heterocycles. The Labute approximate surface area is 281 Å². The molecule has 1 heterocycles. The van der Waals surface area contributed by atoms with Crippen molar-refractivity contribution in [3.63, 3.8) is 0 Å². The Hall–Kier alpha value is -5.18. The molecule has 6 aromatic rings. The SMILES string of the molecule is CC(=O)/C(C#N)=C/c1ccc(-c2ccc(-c3c(C)c(-c4cc(C)cc(C)c4)c(C)c(-c4cc(C)cc(C)c4)c3C)c3nsnc23)cc1. The highest BCUT2D eigenvalue weighted by Crippen LogP contribution is 2.46. The minimum atomic E-state index is -0.245. The van der Waals surface area contributed by atoms with E-state index in [4.69, 9.17) is 8.75 Å². The van der Waals surface area contributed by atoms with Gasteiger partial charge in [0.1, 0.15) is 17.1 Å². The summed E-state index contributed by atoms with van der Waals surface area (Å²) in [6.07, 6.45) is 1.62. The number of Topliss-reactive ketones (excluding diaryl/α,β-unsaturated/α-hetero) is 1. The lowest BCUT2D eigenvalue weighted by atomic mass is 9.79. The minimum Gasteiger partial charge on any atom is -0.294 e. The molecule has 0 radical (unpaired) electrons. The minimum absolute atomic E-state index is 0.136. The largest absolute Gasteiger partial charge is 0.294 e. The van der Waals surface area contributed by atoms with Crippen LogP contribution in [-0.2, 0) is 4.79 Å². The predicted octanol–water partition coefficient (Wildman–Crippen LogP) is 11.0. The topological polar surface area (TPSA) is 66.6 Å². The molecule has 0 fully saturated rings. The van der Waals surface area contributed by atoms with Crippen molar-refractivity contribution in [1.82, 2.24) is 8.75 Å². The molecule has 5 heteroatoms. The first-order valence-electron chi connectivity index (χ1n) is 15.8. The molecular formula is C42H37N3OS. The highest BCUT2D eigenvalue weighted by molar-refractivity contribution is 7.00. The van der Waals surface area contributed by atoms with Gasteiger partial charge in [-0.15, -0.1) is 0 Å². The third-order valence-electron chi connectivity index (χ3n) is 8.99. The second-order valence-corrected chi connectivity index (χ2v) is 13.3. The third kappa shape index (κ3) is 5.93. The number of hydrogen-bond acceptors (Lipinski definition) is 5. The normalized spacial score (nSPS) is 11.6. The molecule has 0 unspecified atom stereocenters. The van der Waals surface area contributed by atoms with E-state index in [0.29, 0.717) is 0 Å². The summed E-state index contributed by atoms with van der Waals surface area (Å²) in [5, 5.41) is 9.32. The fourth-order valence-corrected chi connectivity index (χ4v) is 7.74. The molecule has 5 aromatic carbocycles. The van der Waals surface area contributed by atoms with E-state index in [9.17, 15) is 10.1 Å². The van der Waals surface area contributed by atoms with E-state index in [2.05, 4.69) is 97.0 Å². The molecule has 0 spiro atoms. The number of rotatable bonds is 6. The van der Waals surface area contributed by atoms with Crippen molar-refractivity contribution in [2.75, 3.05) is 0 Å². The van der Waals surface area contributed by atoms with E-state index in [-0.39, 0.29) is 11.4 Å². The summed E-state index contributed by atoms with van der Waals surface area (Å²) in [5.74, 6) is -0.245. The predicted molar refractivity (Wildman–Crippen MR) is 197 cm³/mol. The average molecular weight is 632 g/mol. The molecule has 0 bridgehead atoms. The Kier molecular flexibility index (Phi) is 8.49. The number of carbonyl (C=O) groups excluding carboxylic acids is 1. The quantitative estimate of drug-likeness (QED) is 0.135. The van der Waals surface area contributed by atoms with Gasteiger partial charge in [-0.25, -0.2) is 0 Å².